The summed E-state index contributed by atoms with van der Waals surface area (Å²) in [6.07, 6.45) is -1.09. The number of esters is 1. The minimum atomic E-state index is -1.02. The highest BCUT2D eigenvalue weighted by Gasteiger charge is 2.23. The van der Waals surface area contributed by atoms with Crippen LogP contribution in [0.15, 0.2) is 35.7 Å². The van der Waals surface area contributed by atoms with Gasteiger partial charge in [0.2, 0.25) is 5.91 Å². The van der Waals surface area contributed by atoms with Crippen molar-refractivity contribution in [2.45, 2.75) is 32.4 Å². The minimum Gasteiger partial charge on any atom is -0.493 e. The number of carbonyl (C=O) groups excluding carboxylic acids is 3. The first kappa shape index (κ1) is 22.2. The monoisotopic (exact) mass is 420 g/mol. The van der Waals surface area contributed by atoms with Gasteiger partial charge in [0.25, 0.3) is 5.91 Å². The lowest BCUT2D eigenvalue weighted by Crippen LogP contribution is -2.32. The van der Waals surface area contributed by atoms with Crippen molar-refractivity contribution in [3.05, 3.63) is 40.6 Å². The van der Waals surface area contributed by atoms with E-state index in [9.17, 15) is 14.4 Å². The predicted molar refractivity (Wildman–Crippen MR) is 109 cm³/mol. The molecule has 1 heterocycles. The van der Waals surface area contributed by atoms with Gasteiger partial charge in [0.15, 0.2) is 17.6 Å². The third kappa shape index (κ3) is 6.49. The van der Waals surface area contributed by atoms with Crippen LogP contribution in [0.5, 0.6) is 11.5 Å². The number of rotatable bonds is 9. The molecule has 1 aromatic carbocycles. The molecule has 2 amide bonds. The zero-order chi connectivity index (χ0) is 21.4. The highest BCUT2D eigenvalue weighted by atomic mass is 32.1. The Bertz CT molecular complexity index is 853. The smallest absolute Gasteiger partial charge is 0.309 e. The van der Waals surface area contributed by atoms with E-state index >= 15 is 0 Å². The summed E-state index contributed by atoms with van der Waals surface area (Å²) in [5, 5.41) is 7.25. The van der Waals surface area contributed by atoms with Gasteiger partial charge in [-0.2, -0.15) is 0 Å². The Labute approximate surface area is 173 Å². The summed E-state index contributed by atoms with van der Waals surface area (Å²) in [5.41, 5.74) is 0.477. The van der Waals surface area contributed by atoms with Crippen LogP contribution in [0.2, 0.25) is 0 Å². The fourth-order valence-electron chi connectivity index (χ4n) is 2.58. The van der Waals surface area contributed by atoms with E-state index in [1.165, 1.54) is 39.4 Å². The molecule has 2 rings (SSSR count). The number of anilines is 1. The average molecular weight is 420 g/mol. The Balaban J connectivity index is 1.96. The summed E-state index contributed by atoms with van der Waals surface area (Å²) in [6, 6.07) is 8.07. The van der Waals surface area contributed by atoms with E-state index < -0.39 is 24.0 Å². The van der Waals surface area contributed by atoms with Crippen LogP contribution in [-0.4, -0.2) is 38.1 Å². The van der Waals surface area contributed by atoms with Crippen molar-refractivity contribution in [1.29, 1.82) is 0 Å². The molecule has 0 aliphatic heterocycles. The number of carbonyl (C=O) groups is 3. The molecular weight excluding hydrogens is 396 g/mol. The Hall–Kier alpha value is -3.07. The Morgan fingerprint density at radius 2 is 1.83 bits per heavy atom. The second-order valence-electron chi connectivity index (χ2n) is 6.16. The molecule has 0 aliphatic rings. The Morgan fingerprint density at radius 1 is 1.10 bits per heavy atom. The number of hydrogen-bond donors (Lipinski definition) is 2. The fraction of sp³-hybridized carbons (Fsp3) is 0.350. The van der Waals surface area contributed by atoms with E-state index in [0.717, 1.165) is 4.88 Å². The number of methoxy groups -OCH3 is 2. The van der Waals surface area contributed by atoms with Crippen molar-refractivity contribution >= 4 is 34.8 Å². The standard InChI is InChI=1S/C20H24N2O6S/c1-12(20(25)22-14-7-8-16(26-3)17(10-14)27-4)28-19(24)11-15(21-13(2)23)18-6-5-9-29-18/h5-10,12,15H,11H2,1-4H3,(H,21,23)(H,22,25). The van der Waals surface area contributed by atoms with Gasteiger partial charge >= 0.3 is 5.97 Å². The maximum absolute atomic E-state index is 12.4. The third-order valence-corrected chi connectivity index (χ3v) is 4.95. The summed E-state index contributed by atoms with van der Waals surface area (Å²) in [6.45, 7) is 2.86. The lowest BCUT2D eigenvalue weighted by molar-refractivity contribution is -0.153. The van der Waals surface area contributed by atoms with Crippen molar-refractivity contribution in [3.8, 4) is 11.5 Å². The van der Waals surface area contributed by atoms with Gasteiger partial charge in [-0.25, -0.2) is 0 Å². The third-order valence-electron chi connectivity index (χ3n) is 3.96. The zero-order valence-corrected chi connectivity index (χ0v) is 17.5. The van der Waals surface area contributed by atoms with E-state index in [-0.39, 0.29) is 12.3 Å². The van der Waals surface area contributed by atoms with E-state index in [4.69, 9.17) is 14.2 Å². The number of ether oxygens (including phenoxy) is 3. The Kier molecular flexibility index (Phi) is 8.02. The topological polar surface area (TPSA) is 103 Å². The zero-order valence-electron chi connectivity index (χ0n) is 16.7. The van der Waals surface area contributed by atoms with Gasteiger partial charge in [0, 0.05) is 23.6 Å². The summed E-state index contributed by atoms with van der Waals surface area (Å²) in [7, 11) is 3.01. The van der Waals surface area contributed by atoms with E-state index in [1.807, 2.05) is 17.5 Å². The second-order valence-corrected chi connectivity index (χ2v) is 7.14. The van der Waals surface area contributed by atoms with E-state index in [0.29, 0.717) is 17.2 Å². The summed E-state index contributed by atoms with van der Waals surface area (Å²) in [4.78, 5) is 36.9. The molecule has 29 heavy (non-hydrogen) atoms. The van der Waals surface area contributed by atoms with E-state index in [1.54, 1.807) is 18.2 Å². The van der Waals surface area contributed by atoms with Gasteiger partial charge in [-0.1, -0.05) is 6.07 Å². The number of benzene rings is 1. The normalized spacial score (nSPS) is 12.4. The van der Waals surface area contributed by atoms with Crippen molar-refractivity contribution in [1.82, 2.24) is 5.32 Å². The highest BCUT2D eigenvalue weighted by Crippen LogP contribution is 2.30. The average Bonchev–Trinajstić information content (AvgIpc) is 3.21. The van der Waals surface area contributed by atoms with Crippen LogP contribution in [0.25, 0.3) is 0 Å². The van der Waals surface area contributed by atoms with Crippen LogP contribution in [-0.2, 0) is 19.1 Å². The number of hydrogen-bond acceptors (Lipinski definition) is 7. The SMILES string of the molecule is COc1ccc(NC(=O)C(C)OC(=O)CC(NC(C)=O)c2cccs2)cc1OC. The maximum atomic E-state index is 12.4. The summed E-state index contributed by atoms with van der Waals surface area (Å²) >= 11 is 1.42. The van der Waals surface area contributed by atoms with Crippen molar-refractivity contribution < 1.29 is 28.6 Å². The predicted octanol–water partition coefficient (Wildman–Crippen LogP) is 2.90. The van der Waals surface area contributed by atoms with Crippen LogP contribution in [0.4, 0.5) is 5.69 Å². The largest absolute Gasteiger partial charge is 0.493 e. The van der Waals surface area contributed by atoms with Gasteiger partial charge < -0.3 is 24.8 Å². The molecule has 1 aromatic heterocycles. The van der Waals surface area contributed by atoms with Crippen molar-refractivity contribution in [2.24, 2.45) is 0 Å². The molecule has 2 atom stereocenters. The molecule has 0 radical (unpaired) electrons. The van der Waals surface area contributed by atoms with Crippen LogP contribution in [0, 0.1) is 0 Å². The van der Waals surface area contributed by atoms with Gasteiger partial charge in [-0.05, 0) is 30.5 Å². The van der Waals surface area contributed by atoms with E-state index in [2.05, 4.69) is 10.6 Å². The highest BCUT2D eigenvalue weighted by molar-refractivity contribution is 7.10. The van der Waals surface area contributed by atoms with Crippen molar-refractivity contribution in [2.75, 3.05) is 19.5 Å². The van der Waals surface area contributed by atoms with Crippen molar-refractivity contribution in [3.63, 3.8) is 0 Å². The lowest BCUT2D eigenvalue weighted by Gasteiger charge is -2.18. The molecule has 156 valence electrons. The first-order valence-corrected chi connectivity index (χ1v) is 9.74. The molecule has 0 bridgehead atoms. The van der Waals surface area contributed by atoms with Crippen LogP contribution in [0.3, 0.4) is 0 Å². The molecule has 9 heteroatoms. The molecule has 0 aliphatic carbocycles. The molecule has 0 spiro atoms. The molecule has 0 saturated heterocycles. The first-order chi connectivity index (χ1) is 13.8. The molecule has 2 unspecified atom stereocenters. The summed E-state index contributed by atoms with van der Waals surface area (Å²) in [5.74, 6) is -0.341. The van der Waals surface area contributed by atoms with Crippen LogP contribution >= 0.6 is 11.3 Å². The minimum absolute atomic E-state index is 0.0753. The van der Waals surface area contributed by atoms with Crippen LogP contribution < -0.4 is 20.1 Å². The first-order valence-electron chi connectivity index (χ1n) is 8.87. The second kappa shape index (κ2) is 10.5. The number of nitrogens with one attached hydrogen (secondary N) is 2. The summed E-state index contributed by atoms with van der Waals surface area (Å²) < 4.78 is 15.6. The Morgan fingerprint density at radius 3 is 2.41 bits per heavy atom. The van der Waals surface area contributed by atoms with Gasteiger partial charge in [-0.15, -0.1) is 11.3 Å². The lowest BCUT2D eigenvalue weighted by atomic mass is 10.1. The molecule has 0 saturated carbocycles. The van der Waals surface area contributed by atoms with Gasteiger partial charge in [0.1, 0.15) is 0 Å². The van der Waals surface area contributed by atoms with Crippen LogP contribution in [0.1, 0.15) is 31.2 Å². The molecule has 2 N–H and O–H groups in total. The fourth-order valence-corrected chi connectivity index (χ4v) is 3.36. The number of thiophene rings is 1. The molecule has 8 nitrogen and oxygen atoms in total. The quantitative estimate of drug-likeness (QED) is 0.605. The van der Waals surface area contributed by atoms with Gasteiger partial charge in [-0.3, -0.25) is 14.4 Å². The number of amides is 2. The van der Waals surface area contributed by atoms with Gasteiger partial charge in [0.05, 0.1) is 26.7 Å². The maximum Gasteiger partial charge on any atom is 0.309 e. The molecule has 0 fully saturated rings. The molecule has 2 aromatic rings. The molecular formula is C20H24N2O6S.